The molecule has 0 bridgehead atoms. The van der Waals surface area contributed by atoms with Gasteiger partial charge in [0, 0.05) is 11.1 Å². The maximum absolute atomic E-state index is 12.8. The van der Waals surface area contributed by atoms with Crippen molar-refractivity contribution in [3.8, 4) is 11.5 Å². The van der Waals surface area contributed by atoms with Gasteiger partial charge in [0.2, 0.25) is 5.89 Å². The van der Waals surface area contributed by atoms with Crippen molar-refractivity contribution in [2.75, 3.05) is 0 Å². The summed E-state index contributed by atoms with van der Waals surface area (Å²) < 4.78 is 5.78. The molecule has 2 aromatic carbocycles. The van der Waals surface area contributed by atoms with Crippen molar-refractivity contribution in [1.29, 1.82) is 0 Å². The summed E-state index contributed by atoms with van der Waals surface area (Å²) in [5.74, 6) is 0.582. The third-order valence-electron chi connectivity index (χ3n) is 5.19. The molecule has 1 aromatic heterocycles. The van der Waals surface area contributed by atoms with Crippen molar-refractivity contribution < 1.29 is 9.21 Å². The minimum absolute atomic E-state index is 0.0978. The van der Waals surface area contributed by atoms with Gasteiger partial charge in [-0.1, -0.05) is 30.0 Å². The molecule has 1 aliphatic carbocycles. The number of thioether (sulfide) groups is 1. The Labute approximate surface area is 163 Å². The monoisotopic (exact) mass is 378 g/mol. The van der Waals surface area contributed by atoms with Gasteiger partial charge in [0.05, 0.1) is 5.25 Å². The van der Waals surface area contributed by atoms with E-state index in [4.69, 9.17) is 4.42 Å². The van der Waals surface area contributed by atoms with Crippen LogP contribution in [0, 0.1) is 13.8 Å². The van der Waals surface area contributed by atoms with Gasteiger partial charge in [-0.15, -0.1) is 10.2 Å². The molecule has 0 saturated carbocycles. The Morgan fingerprint density at radius 2 is 1.85 bits per heavy atom. The van der Waals surface area contributed by atoms with Crippen LogP contribution in [0.15, 0.2) is 46.0 Å². The molecule has 3 aromatic rings. The molecule has 0 unspecified atom stereocenters. The average Bonchev–Trinajstić information content (AvgIpc) is 3.32. The van der Waals surface area contributed by atoms with Crippen LogP contribution in [0.1, 0.15) is 46.0 Å². The fraction of sp³-hybridized carbons (Fsp3) is 0.318. The zero-order chi connectivity index (χ0) is 19.0. The highest BCUT2D eigenvalue weighted by Gasteiger charge is 2.22. The third kappa shape index (κ3) is 3.69. The number of fused-ring (bicyclic) bond motifs is 1. The van der Waals surface area contributed by atoms with Crippen LogP contribution in [0.5, 0.6) is 0 Å². The van der Waals surface area contributed by atoms with Gasteiger partial charge in [0.25, 0.3) is 5.22 Å². The third-order valence-corrected chi connectivity index (χ3v) is 6.12. The average molecular weight is 378 g/mol. The highest BCUT2D eigenvalue weighted by Crippen LogP contribution is 2.30. The minimum Gasteiger partial charge on any atom is -0.411 e. The van der Waals surface area contributed by atoms with Gasteiger partial charge in [0.1, 0.15) is 0 Å². The van der Waals surface area contributed by atoms with Gasteiger partial charge < -0.3 is 4.42 Å². The first-order valence-electron chi connectivity index (χ1n) is 9.25. The van der Waals surface area contributed by atoms with Crippen LogP contribution in [0.25, 0.3) is 11.5 Å². The summed E-state index contributed by atoms with van der Waals surface area (Å²) in [7, 11) is 0. The van der Waals surface area contributed by atoms with Gasteiger partial charge >= 0.3 is 0 Å². The smallest absolute Gasteiger partial charge is 0.277 e. The fourth-order valence-electron chi connectivity index (χ4n) is 3.41. The standard InChI is InChI=1S/C22H22N2O2S/c1-13-7-8-19(11-14(13)2)21-23-24-22(26-21)27-15(3)20(25)18-10-9-16-5-4-6-17(16)12-18/h7-12,15H,4-6H2,1-3H3/t15-/m0/s1. The zero-order valence-electron chi connectivity index (χ0n) is 15.8. The second-order valence-electron chi connectivity index (χ2n) is 7.13. The summed E-state index contributed by atoms with van der Waals surface area (Å²) in [6.45, 7) is 6.02. The van der Waals surface area contributed by atoms with Gasteiger partial charge in [-0.3, -0.25) is 4.79 Å². The Morgan fingerprint density at radius 1 is 1.04 bits per heavy atom. The highest BCUT2D eigenvalue weighted by molar-refractivity contribution is 8.00. The van der Waals surface area contributed by atoms with Crippen LogP contribution >= 0.6 is 11.8 Å². The van der Waals surface area contributed by atoms with Crippen LogP contribution in [-0.4, -0.2) is 21.2 Å². The molecule has 0 fully saturated rings. The first-order valence-corrected chi connectivity index (χ1v) is 10.1. The van der Waals surface area contributed by atoms with E-state index < -0.39 is 0 Å². The lowest BCUT2D eigenvalue weighted by molar-refractivity contribution is 0.0993. The van der Waals surface area contributed by atoms with E-state index >= 15 is 0 Å². The molecular formula is C22H22N2O2S. The molecule has 0 radical (unpaired) electrons. The molecule has 0 aliphatic heterocycles. The summed E-state index contributed by atoms with van der Waals surface area (Å²) in [5, 5.41) is 8.39. The van der Waals surface area contributed by atoms with Crippen molar-refractivity contribution in [3.63, 3.8) is 0 Å². The second-order valence-corrected chi connectivity index (χ2v) is 8.43. The maximum Gasteiger partial charge on any atom is 0.277 e. The van der Waals surface area contributed by atoms with E-state index in [1.165, 1.54) is 40.4 Å². The van der Waals surface area contributed by atoms with Gasteiger partial charge in [0.15, 0.2) is 5.78 Å². The number of benzene rings is 2. The number of hydrogen-bond acceptors (Lipinski definition) is 5. The zero-order valence-corrected chi connectivity index (χ0v) is 16.6. The number of carbonyl (C=O) groups excluding carboxylic acids is 1. The SMILES string of the molecule is Cc1ccc(-c2nnc(S[C@@H](C)C(=O)c3ccc4c(c3)CCC4)o2)cc1C. The molecular weight excluding hydrogens is 356 g/mol. The van der Waals surface area contributed by atoms with Crippen molar-refractivity contribution in [2.45, 2.75) is 50.5 Å². The molecule has 1 heterocycles. The number of aryl methyl sites for hydroxylation is 4. The number of carbonyl (C=O) groups is 1. The number of rotatable bonds is 5. The Bertz CT molecular complexity index is 1010. The lowest BCUT2D eigenvalue weighted by atomic mass is 10.0. The fourth-order valence-corrected chi connectivity index (χ4v) is 4.17. The second kappa shape index (κ2) is 7.31. The summed E-state index contributed by atoms with van der Waals surface area (Å²) in [4.78, 5) is 12.8. The largest absolute Gasteiger partial charge is 0.411 e. The summed E-state index contributed by atoms with van der Waals surface area (Å²) in [6.07, 6.45) is 3.37. The highest BCUT2D eigenvalue weighted by atomic mass is 32.2. The first kappa shape index (κ1) is 18.0. The van der Waals surface area contributed by atoms with Gasteiger partial charge in [-0.25, -0.2) is 0 Å². The molecule has 138 valence electrons. The van der Waals surface area contributed by atoms with E-state index in [0.717, 1.165) is 24.0 Å². The van der Waals surface area contributed by atoms with Crippen molar-refractivity contribution in [3.05, 3.63) is 64.2 Å². The van der Waals surface area contributed by atoms with E-state index in [0.29, 0.717) is 11.1 Å². The van der Waals surface area contributed by atoms with Crippen LogP contribution in [0.3, 0.4) is 0 Å². The van der Waals surface area contributed by atoms with Crippen LogP contribution < -0.4 is 0 Å². The molecule has 0 spiro atoms. The van der Waals surface area contributed by atoms with Crippen LogP contribution in [0.4, 0.5) is 0 Å². The lowest BCUT2D eigenvalue weighted by Gasteiger charge is -2.09. The summed E-state index contributed by atoms with van der Waals surface area (Å²) in [5.41, 5.74) is 6.76. The summed E-state index contributed by atoms with van der Waals surface area (Å²) >= 11 is 1.31. The van der Waals surface area contributed by atoms with Crippen LogP contribution in [0.2, 0.25) is 0 Å². The quantitative estimate of drug-likeness (QED) is 0.451. The molecule has 0 amide bonds. The van der Waals surface area contributed by atoms with Crippen molar-refractivity contribution in [1.82, 2.24) is 10.2 Å². The lowest BCUT2D eigenvalue weighted by Crippen LogP contribution is -2.13. The number of hydrogen-bond donors (Lipinski definition) is 0. The van der Waals surface area contributed by atoms with Gasteiger partial charge in [-0.05, 0) is 80.5 Å². The Morgan fingerprint density at radius 3 is 2.67 bits per heavy atom. The van der Waals surface area contributed by atoms with E-state index in [1.54, 1.807) is 0 Å². The number of Topliss-reactive ketones (excluding diaryl/α,β-unsaturated/α-hetero) is 1. The summed E-state index contributed by atoms with van der Waals surface area (Å²) in [6, 6.07) is 12.1. The maximum atomic E-state index is 12.8. The molecule has 4 rings (SSSR count). The predicted octanol–water partition coefficient (Wildman–Crippen LogP) is 5.21. The molecule has 27 heavy (non-hydrogen) atoms. The van der Waals surface area contributed by atoms with Crippen LogP contribution in [-0.2, 0) is 12.8 Å². The first-order chi connectivity index (χ1) is 13.0. The molecule has 0 N–H and O–H groups in total. The van der Waals surface area contributed by atoms with E-state index in [-0.39, 0.29) is 11.0 Å². The van der Waals surface area contributed by atoms with Gasteiger partial charge in [-0.2, -0.15) is 0 Å². The number of aromatic nitrogens is 2. The topological polar surface area (TPSA) is 56.0 Å². The molecule has 1 aliphatic rings. The molecule has 5 heteroatoms. The molecule has 1 atom stereocenters. The molecule has 4 nitrogen and oxygen atoms in total. The molecule has 0 saturated heterocycles. The van der Waals surface area contributed by atoms with Crippen molar-refractivity contribution in [2.24, 2.45) is 0 Å². The normalized spacial score (nSPS) is 14.2. The predicted molar refractivity (Wildman–Crippen MR) is 107 cm³/mol. The number of ketones is 1. The van der Waals surface area contributed by atoms with E-state index in [2.05, 4.69) is 36.2 Å². The van der Waals surface area contributed by atoms with E-state index in [1.807, 2.05) is 31.2 Å². The Kier molecular flexibility index (Phi) is 4.87. The Hall–Kier alpha value is -2.40. The van der Waals surface area contributed by atoms with Crippen molar-refractivity contribution >= 4 is 17.5 Å². The Balaban J connectivity index is 1.48. The minimum atomic E-state index is -0.280. The number of nitrogens with zero attached hydrogens (tertiary/aromatic N) is 2. The van der Waals surface area contributed by atoms with E-state index in [9.17, 15) is 4.79 Å².